The Hall–Kier alpha value is -2.16. The predicted molar refractivity (Wildman–Crippen MR) is 67.9 cm³/mol. The van der Waals surface area contributed by atoms with Crippen LogP contribution in [0.3, 0.4) is 0 Å². The molecular formula is C14H13N3. The van der Waals surface area contributed by atoms with Crippen molar-refractivity contribution in [3.63, 3.8) is 0 Å². The van der Waals surface area contributed by atoms with Gasteiger partial charge >= 0.3 is 0 Å². The molecule has 0 aliphatic carbocycles. The van der Waals surface area contributed by atoms with Crippen LogP contribution in [0.2, 0.25) is 0 Å². The van der Waals surface area contributed by atoms with E-state index >= 15 is 0 Å². The van der Waals surface area contributed by atoms with Crippen LogP contribution >= 0.6 is 0 Å². The van der Waals surface area contributed by atoms with Crippen LogP contribution in [-0.4, -0.2) is 14.4 Å². The van der Waals surface area contributed by atoms with E-state index in [0.717, 1.165) is 11.3 Å². The normalized spacial score (nSPS) is 10.9. The maximum atomic E-state index is 4.35. The highest BCUT2D eigenvalue weighted by Gasteiger charge is 2.06. The van der Waals surface area contributed by atoms with Crippen LogP contribution in [0.4, 0.5) is 0 Å². The molecule has 2 aromatic heterocycles. The van der Waals surface area contributed by atoms with Gasteiger partial charge in [0.15, 0.2) is 5.65 Å². The topological polar surface area (TPSA) is 30.2 Å². The maximum absolute atomic E-state index is 4.35. The molecule has 0 bridgehead atoms. The highest BCUT2D eigenvalue weighted by molar-refractivity contribution is 5.64. The molecule has 0 N–H and O–H groups in total. The van der Waals surface area contributed by atoms with Crippen LogP contribution in [0.15, 0.2) is 43.0 Å². The van der Waals surface area contributed by atoms with Crippen molar-refractivity contribution < 1.29 is 0 Å². The average molecular weight is 223 g/mol. The lowest BCUT2D eigenvalue weighted by Crippen LogP contribution is -1.89. The van der Waals surface area contributed by atoms with Crippen molar-refractivity contribution in [1.82, 2.24) is 14.4 Å². The minimum Gasteiger partial charge on any atom is -0.297 e. The number of benzene rings is 1. The second kappa shape index (κ2) is 3.70. The molecule has 3 nitrogen and oxygen atoms in total. The van der Waals surface area contributed by atoms with E-state index in [9.17, 15) is 0 Å². The molecule has 3 rings (SSSR count). The van der Waals surface area contributed by atoms with E-state index in [1.54, 1.807) is 12.4 Å². The van der Waals surface area contributed by atoms with Gasteiger partial charge < -0.3 is 0 Å². The molecule has 3 heteroatoms. The molecule has 2 heterocycles. The zero-order chi connectivity index (χ0) is 11.8. The van der Waals surface area contributed by atoms with Gasteiger partial charge in [-0.15, -0.1) is 0 Å². The Bertz CT molecular complexity index is 683. The second-order valence-electron chi connectivity index (χ2n) is 4.25. The van der Waals surface area contributed by atoms with E-state index in [0.29, 0.717) is 0 Å². The van der Waals surface area contributed by atoms with Crippen LogP contribution in [0.1, 0.15) is 11.1 Å². The van der Waals surface area contributed by atoms with Crippen molar-refractivity contribution >= 4 is 5.65 Å². The third-order valence-corrected chi connectivity index (χ3v) is 3.12. The highest BCUT2D eigenvalue weighted by Crippen LogP contribution is 2.22. The number of fused-ring (bicyclic) bond motifs is 1. The summed E-state index contributed by atoms with van der Waals surface area (Å²) in [6.07, 6.45) is 7.37. The van der Waals surface area contributed by atoms with Gasteiger partial charge in [-0.3, -0.25) is 9.38 Å². The lowest BCUT2D eigenvalue weighted by atomic mass is 10.0. The number of aryl methyl sites for hydroxylation is 2. The molecule has 84 valence electrons. The Morgan fingerprint density at radius 2 is 1.94 bits per heavy atom. The fourth-order valence-corrected chi connectivity index (χ4v) is 1.96. The average Bonchev–Trinajstić information content (AvgIpc) is 2.76. The van der Waals surface area contributed by atoms with E-state index in [-0.39, 0.29) is 0 Å². The van der Waals surface area contributed by atoms with Gasteiger partial charge in [0, 0.05) is 18.0 Å². The zero-order valence-electron chi connectivity index (χ0n) is 9.88. The minimum atomic E-state index is 0.876. The van der Waals surface area contributed by atoms with Crippen LogP contribution in [0, 0.1) is 13.8 Å². The summed E-state index contributed by atoms with van der Waals surface area (Å²) in [5, 5.41) is 0. The van der Waals surface area contributed by atoms with Gasteiger partial charge in [0.1, 0.15) is 0 Å². The Labute approximate surface area is 99.8 Å². The number of imidazole rings is 1. The number of nitrogens with zero attached hydrogens (tertiary/aromatic N) is 3. The van der Waals surface area contributed by atoms with Gasteiger partial charge in [-0.2, -0.15) is 0 Å². The first-order valence-corrected chi connectivity index (χ1v) is 5.60. The molecule has 0 unspecified atom stereocenters. The first kappa shape index (κ1) is 10.0. The largest absolute Gasteiger partial charge is 0.297 e. The summed E-state index contributed by atoms with van der Waals surface area (Å²) in [6, 6.07) is 6.47. The number of hydrogen-bond acceptors (Lipinski definition) is 2. The van der Waals surface area contributed by atoms with E-state index in [1.807, 2.05) is 12.4 Å². The molecule has 0 saturated carbocycles. The minimum absolute atomic E-state index is 0.876. The first-order valence-electron chi connectivity index (χ1n) is 5.60. The van der Waals surface area contributed by atoms with Crippen LogP contribution in [-0.2, 0) is 0 Å². The molecule has 17 heavy (non-hydrogen) atoms. The molecular weight excluding hydrogens is 210 g/mol. The summed E-state index contributed by atoms with van der Waals surface area (Å²) in [6.45, 7) is 4.25. The van der Waals surface area contributed by atoms with Crippen molar-refractivity contribution in [3.05, 3.63) is 54.1 Å². The third kappa shape index (κ3) is 1.60. The van der Waals surface area contributed by atoms with Gasteiger partial charge in [-0.05, 0) is 31.0 Å². The molecule has 0 atom stereocenters. The first-order chi connectivity index (χ1) is 8.25. The van der Waals surface area contributed by atoms with Gasteiger partial charge in [-0.25, -0.2) is 4.98 Å². The van der Waals surface area contributed by atoms with E-state index in [4.69, 9.17) is 0 Å². The van der Waals surface area contributed by atoms with Gasteiger partial charge in [0.05, 0.1) is 18.1 Å². The Kier molecular flexibility index (Phi) is 2.18. The smallest absolute Gasteiger partial charge is 0.155 e. The Morgan fingerprint density at radius 3 is 2.76 bits per heavy atom. The predicted octanol–water partition coefficient (Wildman–Crippen LogP) is 3.01. The second-order valence-corrected chi connectivity index (χ2v) is 4.25. The van der Waals surface area contributed by atoms with E-state index in [2.05, 4.69) is 46.4 Å². The van der Waals surface area contributed by atoms with Crippen LogP contribution in [0.25, 0.3) is 16.9 Å². The quantitative estimate of drug-likeness (QED) is 0.634. The van der Waals surface area contributed by atoms with Crippen LogP contribution < -0.4 is 0 Å². The molecule has 0 saturated heterocycles. The monoisotopic (exact) mass is 223 g/mol. The Morgan fingerprint density at radius 1 is 1.06 bits per heavy atom. The number of rotatable bonds is 1. The van der Waals surface area contributed by atoms with Gasteiger partial charge in [0.2, 0.25) is 0 Å². The third-order valence-electron chi connectivity index (χ3n) is 3.12. The SMILES string of the molecule is Cc1ccc(-c2cnc3cnccn23)cc1C. The molecule has 0 aliphatic heterocycles. The van der Waals surface area contributed by atoms with E-state index < -0.39 is 0 Å². The lowest BCUT2D eigenvalue weighted by molar-refractivity contribution is 1.13. The van der Waals surface area contributed by atoms with Crippen molar-refractivity contribution in [2.75, 3.05) is 0 Å². The summed E-state index contributed by atoms with van der Waals surface area (Å²) in [5.41, 5.74) is 5.77. The summed E-state index contributed by atoms with van der Waals surface area (Å²) in [4.78, 5) is 8.42. The molecule has 0 spiro atoms. The van der Waals surface area contributed by atoms with Gasteiger partial charge in [-0.1, -0.05) is 12.1 Å². The number of aromatic nitrogens is 3. The van der Waals surface area contributed by atoms with Crippen molar-refractivity contribution in [2.45, 2.75) is 13.8 Å². The fourth-order valence-electron chi connectivity index (χ4n) is 1.96. The molecule has 0 radical (unpaired) electrons. The van der Waals surface area contributed by atoms with Crippen molar-refractivity contribution in [3.8, 4) is 11.3 Å². The van der Waals surface area contributed by atoms with E-state index in [1.165, 1.54) is 16.7 Å². The summed E-state index contributed by atoms with van der Waals surface area (Å²) in [5.74, 6) is 0. The van der Waals surface area contributed by atoms with Crippen molar-refractivity contribution in [1.29, 1.82) is 0 Å². The fraction of sp³-hybridized carbons (Fsp3) is 0.143. The van der Waals surface area contributed by atoms with Crippen LogP contribution in [0.5, 0.6) is 0 Å². The molecule has 0 aliphatic rings. The Balaban J connectivity index is 2.24. The lowest BCUT2D eigenvalue weighted by Gasteiger charge is -2.05. The molecule has 0 fully saturated rings. The summed E-state index contributed by atoms with van der Waals surface area (Å²) < 4.78 is 2.05. The summed E-state index contributed by atoms with van der Waals surface area (Å²) in [7, 11) is 0. The maximum Gasteiger partial charge on any atom is 0.155 e. The zero-order valence-corrected chi connectivity index (χ0v) is 9.88. The van der Waals surface area contributed by atoms with Crippen molar-refractivity contribution in [2.24, 2.45) is 0 Å². The molecule has 1 aromatic carbocycles. The standard InChI is InChI=1S/C14H13N3/c1-10-3-4-12(7-11(10)2)13-8-16-14-9-15-5-6-17(13)14/h3-9H,1-2H3. The molecule has 3 aromatic rings. The summed E-state index contributed by atoms with van der Waals surface area (Å²) >= 11 is 0. The highest BCUT2D eigenvalue weighted by atomic mass is 15.0. The molecule has 0 amide bonds. The number of hydrogen-bond donors (Lipinski definition) is 0. The van der Waals surface area contributed by atoms with Gasteiger partial charge in [0.25, 0.3) is 0 Å².